The minimum Gasteiger partial charge on any atom is -0.489 e. The van der Waals surface area contributed by atoms with Gasteiger partial charge in [0.15, 0.2) is 0 Å². The summed E-state index contributed by atoms with van der Waals surface area (Å²) in [6.07, 6.45) is 1.71. The van der Waals surface area contributed by atoms with Gasteiger partial charge in [0.1, 0.15) is 12.4 Å². The number of ether oxygens (including phenoxy) is 2. The Hall–Kier alpha value is -3.96. The predicted octanol–water partition coefficient (Wildman–Crippen LogP) is 3.38. The molecule has 3 aromatic rings. The highest BCUT2D eigenvalue weighted by molar-refractivity contribution is 6.14. The first kappa shape index (κ1) is 22.2. The third-order valence-corrected chi connectivity index (χ3v) is 5.76. The van der Waals surface area contributed by atoms with Gasteiger partial charge in [-0.25, -0.2) is 0 Å². The lowest BCUT2D eigenvalue weighted by Gasteiger charge is -2.29. The summed E-state index contributed by atoms with van der Waals surface area (Å²) in [6.45, 7) is 6.99. The molecule has 0 spiro atoms. The van der Waals surface area contributed by atoms with Crippen LogP contribution in [0.2, 0.25) is 0 Å². The maximum absolute atomic E-state index is 9.54. The number of hydrogen-bond acceptors (Lipinski definition) is 8. The zero-order valence-corrected chi connectivity index (χ0v) is 18.8. The Kier molecular flexibility index (Phi) is 6.52. The Bertz CT molecular complexity index is 1210. The Labute approximate surface area is 193 Å². The van der Waals surface area contributed by atoms with Crippen molar-refractivity contribution in [2.24, 2.45) is 0 Å². The van der Waals surface area contributed by atoms with E-state index < -0.39 is 0 Å². The van der Waals surface area contributed by atoms with Gasteiger partial charge in [-0.15, -0.1) is 0 Å². The molecule has 8 nitrogen and oxygen atoms in total. The highest BCUT2D eigenvalue weighted by Gasteiger charge is 2.17. The van der Waals surface area contributed by atoms with Crippen molar-refractivity contribution in [3.8, 4) is 11.8 Å². The molecule has 1 fully saturated rings. The molecular weight excluding hydrogens is 416 g/mol. The highest BCUT2D eigenvalue weighted by atomic mass is 16.5. The van der Waals surface area contributed by atoms with Crippen molar-refractivity contribution < 1.29 is 9.47 Å². The van der Waals surface area contributed by atoms with Gasteiger partial charge in [0, 0.05) is 41.2 Å². The van der Waals surface area contributed by atoms with E-state index in [1.165, 1.54) is 0 Å². The number of aromatic nitrogens is 2. The lowest BCUT2D eigenvalue weighted by molar-refractivity contribution is 0.122. The zero-order chi connectivity index (χ0) is 23.4. The fourth-order valence-corrected chi connectivity index (χ4v) is 3.82. The smallest absolute Gasteiger partial charge is 0.120 e. The third-order valence-electron chi connectivity index (χ3n) is 5.76. The van der Waals surface area contributed by atoms with Crippen LogP contribution in [0.4, 0.5) is 11.4 Å². The molecule has 33 heavy (non-hydrogen) atoms. The van der Waals surface area contributed by atoms with Gasteiger partial charge in [0.25, 0.3) is 0 Å². The molecule has 1 saturated heterocycles. The molecule has 0 amide bonds. The quantitative estimate of drug-likeness (QED) is 0.443. The Morgan fingerprint density at radius 1 is 1.21 bits per heavy atom. The van der Waals surface area contributed by atoms with Crippen molar-refractivity contribution in [2.75, 3.05) is 36.9 Å². The fraction of sp³-hybridized carbons (Fsp3) is 0.280. The molecule has 0 atom stereocenters. The number of nitrogens with one attached hydrogen (secondary N) is 1. The second-order valence-electron chi connectivity index (χ2n) is 7.98. The van der Waals surface area contributed by atoms with Crippen LogP contribution in [0.15, 0.2) is 42.6 Å². The van der Waals surface area contributed by atoms with E-state index in [1.54, 1.807) is 30.5 Å². The average Bonchev–Trinajstić information content (AvgIpc) is 2.84. The number of nitrogens with zero attached hydrogens (tertiary/aromatic N) is 4. The van der Waals surface area contributed by atoms with E-state index in [-0.39, 0.29) is 5.71 Å². The number of hydrogen-bond donors (Lipinski definition) is 2. The first-order valence-corrected chi connectivity index (χ1v) is 10.7. The van der Waals surface area contributed by atoms with Crippen molar-refractivity contribution in [1.82, 2.24) is 10.2 Å². The van der Waals surface area contributed by atoms with Crippen LogP contribution in [0, 0.1) is 30.6 Å². The lowest BCUT2D eigenvalue weighted by Crippen LogP contribution is -2.36. The van der Waals surface area contributed by atoms with E-state index >= 15 is 0 Å². The number of nitriles is 1. The number of morpholine rings is 1. The van der Waals surface area contributed by atoms with E-state index in [0.717, 1.165) is 35.6 Å². The molecule has 0 aliphatic carbocycles. The Morgan fingerprint density at radius 2 is 2.00 bits per heavy atom. The maximum Gasteiger partial charge on any atom is 0.120 e. The van der Waals surface area contributed by atoms with E-state index in [0.29, 0.717) is 47.9 Å². The van der Waals surface area contributed by atoms with Crippen molar-refractivity contribution in [3.63, 3.8) is 0 Å². The van der Waals surface area contributed by atoms with Gasteiger partial charge in [-0.2, -0.15) is 15.5 Å². The average molecular weight is 443 g/mol. The van der Waals surface area contributed by atoms with Crippen molar-refractivity contribution in [2.45, 2.75) is 20.5 Å². The van der Waals surface area contributed by atoms with Gasteiger partial charge in [-0.05, 0) is 55.8 Å². The van der Waals surface area contributed by atoms with E-state index in [4.69, 9.17) is 20.6 Å². The molecule has 8 heteroatoms. The molecule has 2 aromatic carbocycles. The van der Waals surface area contributed by atoms with Crippen LogP contribution in [0.25, 0.3) is 0 Å². The molecule has 0 saturated carbocycles. The summed E-state index contributed by atoms with van der Waals surface area (Å²) < 4.78 is 11.4. The van der Waals surface area contributed by atoms with Crippen LogP contribution in [0.5, 0.6) is 5.75 Å². The summed E-state index contributed by atoms with van der Waals surface area (Å²) in [6, 6.07) is 13.0. The molecule has 4 rings (SSSR count). The van der Waals surface area contributed by atoms with Crippen LogP contribution in [0.3, 0.4) is 0 Å². The van der Waals surface area contributed by atoms with Crippen LogP contribution >= 0.6 is 0 Å². The van der Waals surface area contributed by atoms with Crippen LogP contribution in [-0.2, 0) is 11.3 Å². The maximum atomic E-state index is 9.54. The summed E-state index contributed by atoms with van der Waals surface area (Å²) in [4.78, 5) is 2.16. The molecule has 168 valence electrons. The number of anilines is 2. The van der Waals surface area contributed by atoms with Crippen molar-refractivity contribution >= 4 is 17.1 Å². The molecule has 1 aliphatic rings. The van der Waals surface area contributed by atoms with Gasteiger partial charge in [-0.1, -0.05) is 0 Å². The van der Waals surface area contributed by atoms with Crippen molar-refractivity contribution in [1.29, 1.82) is 10.7 Å². The minimum absolute atomic E-state index is 0.238. The third kappa shape index (κ3) is 4.94. The molecule has 3 N–H and O–H groups in total. The van der Waals surface area contributed by atoms with Gasteiger partial charge in [-0.3, -0.25) is 5.41 Å². The molecule has 1 aromatic heterocycles. The molecule has 1 aliphatic heterocycles. The van der Waals surface area contributed by atoms with Gasteiger partial charge >= 0.3 is 0 Å². The van der Waals surface area contributed by atoms with E-state index in [9.17, 15) is 5.26 Å². The normalized spacial score (nSPS) is 13.4. The second kappa shape index (κ2) is 9.67. The van der Waals surface area contributed by atoms with Gasteiger partial charge in [0.05, 0.1) is 42.4 Å². The molecule has 0 radical (unpaired) electrons. The van der Waals surface area contributed by atoms with Gasteiger partial charge in [0.2, 0.25) is 0 Å². The first-order chi connectivity index (χ1) is 16.0. The Balaban J connectivity index is 1.61. The minimum atomic E-state index is 0.238. The summed E-state index contributed by atoms with van der Waals surface area (Å²) in [5, 5.41) is 26.4. The molecule has 0 bridgehead atoms. The van der Waals surface area contributed by atoms with E-state index in [2.05, 4.69) is 21.2 Å². The zero-order valence-electron chi connectivity index (χ0n) is 18.8. The number of aryl methyl sites for hydroxylation is 2. The number of nitrogens with two attached hydrogens (primary N) is 1. The van der Waals surface area contributed by atoms with E-state index in [1.807, 2.05) is 26.0 Å². The monoisotopic (exact) mass is 442 g/mol. The highest BCUT2D eigenvalue weighted by Crippen LogP contribution is 2.27. The largest absolute Gasteiger partial charge is 0.489 e. The predicted molar refractivity (Wildman–Crippen MR) is 127 cm³/mol. The standard InChI is InChI=1S/C25H26N6O2/c1-16-14-29-30-17(2)23(16)15-33-21-3-4-24(27)22(12-21)25(28)19-9-18(13-26)10-20(11-19)31-5-7-32-8-6-31/h3-4,9-12,14,28H,5-8,15,27H2,1-2H3. The topological polar surface area (TPSA) is 121 Å². The van der Waals surface area contributed by atoms with Gasteiger partial charge < -0.3 is 20.1 Å². The first-order valence-electron chi connectivity index (χ1n) is 10.7. The van der Waals surface area contributed by atoms with Crippen LogP contribution < -0.4 is 15.4 Å². The summed E-state index contributed by atoms with van der Waals surface area (Å²) in [5.41, 5.74) is 12.3. The fourth-order valence-electron chi connectivity index (χ4n) is 3.82. The number of rotatable bonds is 6. The SMILES string of the molecule is Cc1cnnc(C)c1COc1ccc(N)c(C(=N)c2cc(C#N)cc(N3CCOCC3)c2)c1. The molecular formula is C25H26N6O2. The molecule has 2 heterocycles. The van der Waals surface area contributed by atoms with Crippen LogP contribution in [0.1, 0.15) is 33.5 Å². The second-order valence-corrected chi connectivity index (χ2v) is 7.98. The summed E-state index contributed by atoms with van der Waals surface area (Å²) in [5.74, 6) is 0.601. The van der Waals surface area contributed by atoms with Crippen molar-refractivity contribution in [3.05, 3.63) is 76.1 Å². The number of nitrogen functional groups attached to an aromatic ring is 1. The lowest BCUT2D eigenvalue weighted by atomic mass is 9.98. The Morgan fingerprint density at radius 3 is 2.73 bits per heavy atom. The van der Waals surface area contributed by atoms with Crippen LogP contribution in [-0.4, -0.2) is 42.2 Å². The molecule has 0 unspecified atom stereocenters. The summed E-state index contributed by atoms with van der Waals surface area (Å²) in [7, 11) is 0. The summed E-state index contributed by atoms with van der Waals surface area (Å²) >= 11 is 0. The number of benzene rings is 2.